The molecule has 5 rings (SSSR count). The molecule has 0 amide bonds. The number of nitrogens with zero attached hydrogens (tertiary/aromatic N) is 4. The first-order valence-electron chi connectivity index (χ1n) is 10.6. The molecule has 0 bridgehead atoms. The second kappa shape index (κ2) is 7.89. The van der Waals surface area contributed by atoms with Gasteiger partial charge in [0.25, 0.3) is 0 Å². The van der Waals surface area contributed by atoms with Gasteiger partial charge in [-0.25, -0.2) is 13.4 Å². The first-order valence-corrected chi connectivity index (χ1v) is 12.0. The molecule has 0 unspecified atom stereocenters. The van der Waals surface area contributed by atoms with E-state index in [2.05, 4.69) is 34.1 Å². The average molecular weight is 423 g/mol. The topological polar surface area (TPSA) is 56.8 Å². The van der Waals surface area contributed by atoms with E-state index in [1.54, 1.807) is 16.4 Å². The molecule has 7 heteroatoms. The molecule has 0 aliphatic carbocycles. The van der Waals surface area contributed by atoms with Crippen LogP contribution in [-0.2, 0) is 10.0 Å². The van der Waals surface area contributed by atoms with Crippen LogP contribution in [0.4, 0.5) is 11.5 Å². The van der Waals surface area contributed by atoms with Gasteiger partial charge in [-0.05, 0) is 55.3 Å². The van der Waals surface area contributed by atoms with Crippen LogP contribution in [0.1, 0.15) is 12.8 Å². The minimum atomic E-state index is -3.40. The third-order valence-electron chi connectivity index (χ3n) is 6.07. The number of hydrogen-bond donors (Lipinski definition) is 0. The molecule has 0 radical (unpaired) electrons. The predicted octanol–water partition coefficient (Wildman–Crippen LogP) is 3.35. The summed E-state index contributed by atoms with van der Waals surface area (Å²) in [7, 11) is -3.40. The van der Waals surface area contributed by atoms with Crippen LogP contribution in [0.3, 0.4) is 0 Å². The number of aromatic nitrogens is 1. The molecule has 2 fully saturated rings. The Kier molecular flexibility index (Phi) is 5.08. The van der Waals surface area contributed by atoms with Crippen molar-refractivity contribution >= 4 is 32.4 Å². The number of piperazine rings is 1. The van der Waals surface area contributed by atoms with Crippen LogP contribution in [0.15, 0.2) is 65.6 Å². The SMILES string of the molecule is O=S(=O)(c1ccc2nc(N3CCN(c4ccccc4)CC3)ccc2c1)N1CCCC1. The zero-order valence-corrected chi connectivity index (χ0v) is 17.8. The van der Waals surface area contributed by atoms with Crippen LogP contribution in [0, 0.1) is 0 Å². The molecule has 0 atom stereocenters. The Morgan fingerprint density at radius 1 is 0.733 bits per heavy atom. The lowest BCUT2D eigenvalue weighted by Gasteiger charge is -2.36. The lowest BCUT2D eigenvalue weighted by molar-refractivity contribution is 0.477. The highest BCUT2D eigenvalue weighted by atomic mass is 32.2. The molecule has 2 aromatic carbocycles. The Labute approximate surface area is 177 Å². The van der Waals surface area contributed by atoms with Gasteiger partial charge in [-0.2, -0.15) is 4.31 Å². The van der Waals surface area contributed by atoms with Crippen LogP contribution in [0.25, 0.3) is 10.9 Å². The summed E-state index contributed by atoms with van der Waals surface area (Å²) in [6.07, 6.45) is 1.88. The molecule has 0 spiro atoms. The average Bonchev–Trinajstić information content (AvgIpc) is 3.35. The number of fused-ring (bicyclic) bond motifs is 1. The third-order valence-corrected chi connectivity index (χ3v) is 7.97. The highest BCUT2D eigenvalue weighted by Gasteiger charge is 2.27. The van der Waals surface area contributed by atoms with Gasteiger partial charge in [0, 0.05) is 50.3 Å². The minimum absolute atomic E-state index is 0.364. The van der Waals surface area contributed by atoms with Crippen LogP contribution in [0.5, 0.6) is 0 Å². The van der Waals surface area contributed by atoms with Crippen LogP contribution in [-0.4, -0.2) is 57.0 Å². The molecule has 6 nitrogen and oxygen atoms in total. The predicted molar refractivity (Wildman–Crippen MR) is 121 cm³/mol. The van der Waals surface area contributed by atoms with Crippen molar-refractivity contribution in [2.24, 2.45) is 0 Å². The van der Waals surface area contributed by atoms with E-state index in [-0.39, 0.29) is 0 Å². The van der Waals surface area contributed by atoms with Gasteiger partial charge in [0.15, 0.2) is 0 Å². The summed E-state index contributed by atoms with van der Waals surface area (Å²) in [5, 5.41) is 0.863. The number of hydrogen-bond acceptors (Lipinski definition) is 5. The number of anilines is 2. The summed E-state index contributed by atoms with van der Waals surface area (Å²) in [4.78, 5) is 9.88. The second-order valence-electron chi connectivity index (χ2n) is 7.94. The van der Waals surface area contributed by atoms with Gasteiger partial charge in [0.1, 0.15) is 5.82 Å². The van der Waals surface area contributed by atoms with Gasteiger partial charge in [0.05, 0.1) is 10.4 Å². The van der Waals surface area contributed by atoms with Crippen molar-refractivity contribution in [1.29, 1.82) is 0 Å². The molecular formula is C23H26N4O2S. The Morgan fingerprint density at radius 3 is 2.17 bits per heavy atom. The fourth-order valence-electron chi connectivity index (χ4n) is 4.34. The molecular weight excluding hydrogens is 396 g/mol. The highest BCUT2D eigenvalue weighted by molar-refractivity contribution is 7.89. The van der Waals surface area contributed by atoms with E-state index >= 15 is 0 Å². The lowest BCUT2D eigenvalue weighted by atomic mass is 10.2. The van der Waals surface area contributed by atoms with Crippen molar-refractivity contribution in [3.63, 3.8) is 0 Å². The number of rotatable bonds is 4. The summed E-state index contributed by atoms with van der Waals surface area (Å²) in [5.41, 5.74) is 2.09. The summed E-state index contributed by atoms with van der Waals surface area (Å²) in [5.74, 6) is 0.949. The van der Waals surface area contributed by atoms with E-state index in [0.29, 0.717) is 18.0 Å². The Hall–Kier alpha value is -2.64. The number of sulfonamides is 1. The lowest BCUT2D eigenvalue weighted by Crippen LogP contribution is -2.46. The molecule has 3 aromatic rings. The smallest absolute Gasteiger partial charge is 0.243 e. The maximum Gasteiger partial charge on any atom is 0.243 e. The zero-order valence-electron chi connectivity index (χ0n) is 16.9. The number of para-hydroxylation sites is 1. The monoisotopic (exact) mass is 422 g/mol. The van der Waals surface area contributed by atoms with E-state index in [0.717, 1.165) is 55.7 Å². The van der Waals surface area contributed by atoms with Gasteiger partial charge >= 0.3 is 0 Å². The first kappa shape index (κ1) is 19.3. The van der Waals surface area contributed by atoms with E-state index in [1.165, 1.54) is 5.69 Å². The number of benzene rings is 2. The molecule has 3 heterocycles. The molecule has 2 aliphatic heterocycles. The fourth-order valence-corrected chi connectivity index (χ4v) is 5.89. The van der Waals surface area contributed by atoms with Gasteiger partial charge < -0.3 is 9.80 Å². The Balaban J connectivity index is 1.33. The summed E-state index contributed by atoms with van der Waals surface area (Å²) < 4.78 is 27.3. The van der Waals surface area contributed by atoms with Crippen LogP contribution in [0.2, 0.25) is 0 Å². The molecule has 2 saturated heterocycles. The largest absolute Gasteiger partial charge is 0.368 e. The van der Waals surface area contributed by atoms with E-state index in [9.17, 15) is 8.42 Å². The summed E-state index contributed by atoms with van der Waals surface area (Å²) in [6.45, 7) is 4.97. The molecule has 156 valence electrons. The molecule has 0 saturated carbocycles. The van der Waals surface area contributed by atoms with Crippen LogP contribution < -0.4 is 9.80 Å². The van der Waals surface area contributed by atoms with Crippen molar-refractivity contribution < 1.29 is 8.42 Å². The maximum absolute atomic E-state index is 12.8. The second-order valence-corrected chi connectivity index (χ2v) is 9.88. The van der Waals surface area contributed by atoms with E-state index < -0.39 is 10.0 Å². The van der Waals surface area contributed by atoms with Crippen molar-refractivity contribution in [1.82, 2.24) is 9.29 Å². The molecule has 1 aromatic heterocycles. The summed E-state index contributed by atoms with van der Waals surface area (Å²) in [6, 6.07) is 19.8. The molecule has 2 aliphatic rings. The fraction of sp³-hybridized carbons (Fsp3) is 0.348. The van der Waals surface area contributed by atoms with Crippen LogP contribution >= 0.6 is 0 Å². The van der Waals surface area contributed by atoms with Crippen molar-refractivity contribution in [2.45, 2.75) is 17.7 Å². The Morgan fingerprint density at radius 2 is 1.43 bits per heavy atom. The van der Waals surface area contributed by atoms with E-state index in [1.807, 2.05) is 24.3 Å². The van der Waals surface area contributed by atoms with Crippen molar-refractivity contribution in [3.8, 4) is 0 Å². The van der Waals surface area contributed by atoms with E-state index in [4.69, 9.17) is 4.98 Å². The van der Waals surface area contributed by atoms with Crippen molar-refractivity contribution in [2.75, 3.05) is 49.1 Å². The normalized spacial score (nSPS) is 18.3. The van der Waals surface area contributed by atoms with Gasteiger partial charge in [-0.3, -0.25) is 0 Å². The quantitative estimate of drug-likeness (QED) is 0.645. The molecule has 0 N–H and O–H groups in total. The van der Waals surface area contributed by atoms with Gasteiger partial charge in [0.2, 0.25) is 10.0 Å². The van der Waals surface area contributed by atoms with Crippen molar-refractivity contribution in [3.05, 3.63) is 60.7 Å². The van der Waals surface area contributed by atoms with Gasteiger partial charge in [-0.15, -0.1) is 0 Å². The summed E-state index contributed by atoms with van der Waals surface area (Å²) >= 11 is 0. The first-order chi connectivity index (χ1) is 14.6. The Bertz CT molecular complexity index is 1140. The van der Waals surface area contributed by atoms with Gasteiger partial charge in [-0.1, -0.05) is 18.2 Å². The standard InChI is InChI=1S/C23H26N4O2S/c28-30(29,27-12-4-5-13-27)21-9-10-22-19(18-21)8-11-23(24-22)26-16-14-25(15-17-26)20-6-2-1-3-7-20/h1-3,6-11,18H,4-5,12-17H2. The zero-order chi connectivity index (χ0) is 20.6. The number of pyridine rings is 1. The molecule has 30 heavy (non-hydrogen) atoms. The maximum atomic E-state index is 12.8. The minimum Gasteiger partial charge on any atom is -0.368 e. The highest BCUT2D eigenvalue weighted by Crippen LogP contribution is 2.26. The third kappa shape index (κ3) is 3.63.